The molecule has 1 aromatic rings. The number of rotatable bonds is 4. The molecule has 0 aliphatic rings. The molecule has 0 saturated carbocycles. The van der Waals surface area contributed by atoms with Gasteiger partial charge in [0.05, 0.1) is 0 Å². The fourth-order valence-electron chi connectivity index (χ4n) is 1.41. The van der Waals surface area contributed by atoms with Gasteiger partial charge in [0.25, 0.3) is 0 Å². The quantitative estimate of drug-likeness (QED) is 0.462. The van der Waals surface area contributed by atoms with E-state index >= 15 is 0 Å². The Morgan fingerprint density at radius 2 is 1.87 bits per heavy atom. The van der Waals surface area contributed by atoms with Crippen molar-refractivity contribution in [3.8, 4) is 0 Å². The van der Waals surface area contributed by atoms with Crippen LogP contribution in [-0.4, -0.2) is 6.10 Å². The largest absolute Gasteiger partial charge is 1.00 e. The third kappa shape index (κ3) is 6.57. The Bertz CT molecular complexity index is 289. The average Bonchev–Trinajstić information content (AvgIpc) is 2.15. The van der Waals surface area contributed by atoms with Gasteiger partial charge in [-0.05, 0) is 25.8 Å². The summed E-state index contributed by atoms with van der Waals surface area (Å²) in [6.07, 6.45) is 2.80. The Kier molecular flexibility index (Phi) is 7.51. The number of hydrogen-bond acceptors (Lipinski definition) is 1. The molecule has 1 rings (SSSR count). The summed E-state index contributed by atoms with van der Waals surface area (Å²) in [5, 5.41) is 11.4. The summed E-state index contributed by atoms with van der Waals surface area (Å²) in [5.74, 6) is 0. The van der Waals surface area contributed by atoms with Crippen molar-refractivity contribution in [1.29, 1.82) is 0 Å². The van der Waals surface area contributed by atoms with Crippen molar-refractivity contribution < 1.29 is 24.0 Å². The zero-order valence-electron chi connectivity index (χ0n) is 9.86. The van der Waals surface area contributed by atoms with E-state index in [4.69, 9.17) is 0 Å². The molecular formula is C13H17LiO. The normalized spacial score (nSPS) is 11.4. The maximum atomic E-state index is 11.4. The molecule has 1 atom stereocenters. The molecule has 1 nitrogen and oxygen atoms in total. The van der Waals surface area contributed by atoms with Gasteiger partial charge in [-0.15, -0.1) is 6.10 Å². The predicted octanol–water partition coefficient (Wildman–Crippen LogP) is -0.682. The molecule has 0 fully saturated rings. The van der Waals surface area contributed by atoms with E-state index in [-0.39, 0.29) is 18.9 Å². The second-order valence-electron chi connectivity index (χ2n) is 3.81. The smallest absolute Gasteiger partial charge is 0.849 e. The van der Waals surface area contributed by atoms with Crippen LogP contribution in [0.2, 0.25) is 0 Å². The van der Waals surface area contributed by atoms with Crippen molar-refractivity contribution in [1.82, 2.24) is 0 Å². The summed E-state index contributed by atoms with van der Waals surface area (Å²) in [7, 11) is 0. The molecular weight excluding hydrogens is 179 g/mol. The molecule has 0 N–H and O–H groups in total. The molecule has 0 aliphatic heterocycles. The molecule has 1 aromatic carbocycles. The van der Waals surface area contributed by atoms with Gasteiger partial charge in [-0.1, -0.05) is 48.4 Å². The second kappa shape index (κ2) is 7.76. The molecule has 0 heterocycles. The minimum Gasteiger partial charge on any atom is -0.849 e. The first kappa shape index (κ1) is 14.5. The SMILES string of the molecule is CC(C)=CC([O-])CCc1ccccc1.[Li+]. The Morgan fingerprint density at radius 3 is 2.40 bits per heavy atom. The van der Waals surface area contributed by atoms with E-state index in [0.717, 1.165) is 12.0 Å². The van der Waals surface area contributed by atoms with Gasteiger partial charge in [0.1, 0.15) is 0 Å². The Labute approximate surface area is 104 Å². The minimum atomic E-state index is -0.555. The van der Waals surface area contributed by atoms with E-state index in [2.05, 4.69) is 12.1 Å². The molecule has 0 bridgehead atoms. The summed E-state index contributed by atoms with van der Waals surface area (Å²) < 4.78 is 0. The van der Waals surface area contributed by atoms with E-state index in [1.807, 2.05) is 32.0 Å². The Balaban J connectivity index is 0.00000196. The van der Waals surface area contributed by atoms with Crippen LogP contribution in [0.25, 0.3) is 0 Å². The Hall–Kier alpha value is -0.483. The van der Waals surface area contributed by atoms with E-state index in [0.29, 0.717) is 6.42 Å². The second-order valence-corrected chi connectivity index (χ2v) is 3.81. The fraction of sp³-hybridized carbons (Fsp3) is 0.385. The molecule has 1 unspecified atom stereocenters. The van der Waals surface area contributed by atoms with Gasteiger partial charge in [-0.3, -0.25) is 0 Å². The monoisotopic (exact) mass is 196 g/mol. The van der Waals surface area contributed by atoms with Crippen LogP contribution in [0.5, 0.6) is 0 Å². The third-order valence-corrected chi connectivity index (χ3v) is 2.08. The van der Waals surface area contributed by atoms with Crippen LogP contribution in [-0.2, 0) is 6.42 Å². The fourth-order valence-corrected chi connectivity index (χ4v) is 1.41. The van der Waals surface area contributed by atoms with Crippen molar-refractivity contribution in [3.63, 3.8) is 0 Å². The van der Waals surface area contributed by atoms with Gasteiger partial charge >= 0.3 is 18.9 Å². The molecule has 2 heteroatoms. The summed E-state index contributed by atoms with van der Waals surface area (Å²) >= 11 is 0. The van der Waals surface area contributed by atoms with Gasteiger partial charge in [-0.25, -0.2) is 0 Å². The van der Waals surface area contributed by atoms with Crippen LogP contribution in [0.15, 0.2) is 42.0 Å². The van der Waals surface area contributed by atoms with Crippen molar-refractivity contribution in [2.75, 3.05) is 0 Å². The first-order valence-electron chi connectivity index (χ1n) is 5.03. The maximum absolute atomic E-state index is 11.4. The van der Waals surface area contributed by atoms with Crippen molar-refractivity contribution in [2.24, 2.45) is 0 Å². The van der Waals surface area contributed by atoms with Gasteiger partial charge in [0, 0.05) is 0 Å². The number of benzene rings is 1. The van der Waals surface area contributed by atoms with Gasteiger partial charge in [0.2, 0.25) is 0 Å². The summed E-state index contributed by atoms with van der Waals surface area (Å²) in [5.41, 5.74) is 2.36. The molecule has 0 spiro atoms. The van der Waals surface area contributed by atoms with Crippen LogP contribution < -0.4 is 24.0 Å². The number of allylic oxidation sites excluding steroid dienone is 1. The first-order chi connectivity index (χ1) is 6.68. The van der Waals surface area contributed by atoms with Crippen LogP contribution in [0, 0.1) is 0 Å². The zero-order chi connectivity index (χ0) is 10.4. The predicted molar refractivity (Wildman–Crippen MR) is 58.0 cm³/mol. The van der Waals surface area contributed by atoms with Crippen molar-refractivity contribution >= 4 is 0 Å². The topological polar surface area (TPSA) is 23.1 Å². The zero-order valence-corrected chi connectivity index (χ0v) is 9.86. The van der Waals surface area contributed by atoms with Crippen LogP contribution in [0.4, 0.5) is 0 Å². The van der Waals surface area contributed by atoms with Crippen LogP contribution in [0.3, 0.4) is 0 Å². The van der Waals surface area contributed by atoms with Crippen LogP contribution >= 0.6 is 0 Å². The van der Waals surface area contributed by atoms with Crippen LogP contribution in [0.1, 0.15) is 25.8 Å². The molecule has 0 radical (unpaired) electrons. The van der Waals surface area contributed by atoms with E-state index in [1.165, 1.54) is 5.56 Å². The molecule has 0 aromatic heterocycles. The van der Waals surface area contributed by atoms with Gasteiger partial charge in [-0.2, -0.15) is 0 Å². The van der Waals surface area contributed by atoms with E-state index < -0.39 is 6.10 Å². The summed E-state index contributed by atoms with van der Waals surface area (Å²) in [4.78, 5) is 0. The molecule has 76 valence electrons. The maximum Gasteiger partial charge on any atom is 1.00 e. The molecule has 0 aliphatic carbocycles. The summed E-state index contributed by atoms with van der Waals surface area (Å²) in [6.45, 7) is 3.93. The van der Waals surface area contributed by atoms with Gasteiger partial charge < -0.3 is 5.11 Å². The van der Waals surface area contributed by atoms with Gasteiger partial charge in [0.15, 0.2) is 0 Å². The van der Waals surface area contributed by atoms with Crippen molar-refractivity contribution in [2.45, 2.75) is 32.8 Å². The molecule has 0 saturated heterocycles. The number of hydrogen-bond donors (Lipinski definition) is 0. The van der Waals surface area contributed by atoms with E-state index in [1.54, 1.807) is 6.08 Å². The van der Waals surface area contributed by atoms with Crippen molar-refractivity contribution in [3.05, 3.63) is 47.5 Å². The Morgan fingerprint density at radius 1 is 1.27 bits per heavy atom. The molecule has 0 amide bonds. The first-order valence-corrected chi connectivity index (χ1v) is 5.03. The summed E-state index contributed by atoms with van der Waals surface area (Å²) in [6, 6.07) is 10.1. The minimum absolute atomic E-state index is 0. The molecule has 15 heavy (non-hydrogen) atoms. The number of aryl methyl sites for hydroxylation is 1. The average molecular weight is 196 g/mol. The third-order valence-electron chi connectivity index (χ3n) is 2.08. The van der Waals surface area contributed by atoms with E-state index in [9.17, 15) is 5.11 Å². The standard InChI is InChI=1S/C13H17O.Li/c1-11(2)10-13(14)9-8-12-6-4-3-5-7-12;/h3-7,10,13H,8-9H2,1-2H3;/q-1;+1.